The largest absolute Gasteiger partial charge is 0.363 e. The predicted octanol–water partition coefficient (Wildman–Crippen LogP) is 1.84. The molecule has 0 spiro atoms. The number of carbonyl (C=O) groups excluding carboxylic acids is 2. The van der Waals surface area contributed by atoms with Crippen molar-refractivity contribution >= 4 is 11.9 Å². The summed E-state index contributed by atoms with van der Waals surface area (Å²) < 4.78 is 5.76. The molecule has 132 valence electrons. The number of urea groups is 1. The lowest BCUT2D eigenvalue weighted by atomic mass is 9.88. The van der Waals surface area contributed by atoms with Crippen molar-refractivity contribution in [1.29, 1.82) is 0 Å². The number of ether oxygens (including phenoxy) is 1. The van der Waals surface area contributed by atoms with Crippen LogP contribution < -0.4 is 5.32 Å². The van der Waals surface area contributed by atoms with E-state index in [9.17, 15) is 9.59 Å². The Labute approximate surface area is 139 Å². The molecule has 2 aliphatic heterocycles. The van der Waals surface area contributed by atoms with Gasteiger partial charge < -0.3 is 19.9 Å². The highest BCUT2D eigenvalue weighted by atomic mass is 16.5. The van der Waals surface area contributed by atoms with Crippen molar-refractivity contribution in [3.8, 4) is 0 Å². The summed E-state index contributed by atoms with van der Waals surface area (Å²) in [5.74, 6) is 0.00749. The van der Waals surface area contributed by atoms with Crippen LogP contribution in [0.15, 0.2) is 0 Å². The van der Waals surface area contributed by atoms with Crippen molar-refractivity contribution in [2.75, 3.05) is 33.7 Å². The number of rotatable bonds is 3. The average molecular weight is 325 g/mol. The minimum atomic E-state index is -0.357. The molecule has 3 amide bonds. The number of nitrogens with zero attached hydrogens (tertiary/aromatic N) is 2. The van der Waals surface area contributed by atoms with E-state index in [1.807, 2.05) is 4.90 Å². The fourth-order valence-corrected chi connectivity index (χ4v) is 3.39. The van der Waals surface area contributed by atoms with Crippen LogP contribution in [0.5, 0.6) is 0 Å². The summed E-state index contributed by atoms with van der Waals surface area (Å²) in [5.41, 5.74) is 0.181. The number of likely N-dealkylation sites (tertiary alicyclic amines) is 1. The maximum absolute atomic E-state index is 12.4. The minimum absolute atomic E-state index is 0.00749. The van der Waals surface area contributed by atoms with Gasteiger partial charge in [-0.2, -0.15) is 0 Å². The number of likely N-dealkylation sites (N-methyl/N-ethyl adjacent to an activating group) is 1. The molecule has 0 aromatic heterocycles. The standard InChI is InChI=1S/C17H31N3O3/c1-17(2)9-5-6-10-20(12-17)16(22)18-11-13-7-8-14(23-13)15(21)19(3)4/h13-14H,5-12H2,1-4H3,(H,18,22)/t13-,14-/m0/s1. The zero-order valence-corrected chi connectivity index (χ0v) is 14.9. The van der Waals surface area contributed by atoms with Crippen molar-refractivity contribution in [2.24, 2.45) is 5.41 Å². The summed E-state index contributed by atoms with van der Waals surface area (Å²) in [5, 5.41) is 2.99. The van der Waals surface area contributed by atoms with Crippen molar-refractivity contribution in [2.45, 2.75) is 58.2 Å². The van der Waals surface area contributed by atoms with Gasteiger partial charge >= 0.3 is 6.03 Å². The molecular formula is C17H31N3O3. The Morgan fingerprint density at radius 2 is 2.00 bits per heavy atom. The quantitative estimate of drug-likeness (QED) is 0.861. The minimum Gasteiger partial charge on any atom is -0.363 e. The number of amides is 3. The molecule has 0 aromatic rings. The molecular weight excluding hydrogens is 294 g/mol. The molecule has 0 aliphatic carbocycles. The van der Waals surface area contributed by atoms with Crippen molar-refractivity contribution in [3.63, 3.8) is 0 Å². The summed E-state index contributed by atoms with van der Waals surface area (Å²) in [7, 11) is 3.48. The fourth-order valence-electron chi connectivity index (χ4n) is 3.39. The first-order valence-corrected chi connectivity index (χ1v) is 8.68. The third kappa shape index (κ3) is 5.09. The lowest BCUT2D eigenvalue weighted by Crippen LogP contribution is -2.46. The van der Waals surface area contributed by atoms with Crippen molar-refractivity contribution in [1.82, 2.24) is 15.1 Å². The Morgan fingerprint density at radius 3 is 2.70 bits per heavy atom. The number of carbonyl (C=O) groups is 2. The number of hydrogen-bond acceptors (Lipinski definition) is 3. The average Bonchev–Trinajstić information content (AvgIpc) is 2.87. The highest BCUT2D eigenvalue weighted by molar-refractivity contribution is 5.80. The summed E-state index contributed by atoms with van der Waals surface area (Å²) >= 11 is 0. The van der Waals surface area contributed by atoms with Gasteiger partial charge in [0, 0.05) is 33.7 Å². The van der Waals surface area contributed by atoms with Crippen LogP contribution in [-0.2, 0) is 9.53 Å². The van der Waals surface area contributed by atoms with Gasteiger partial charge in [0.25, 0.3) is 5.91 Å². The monoisotopic (exact) mass is 325 g/mol. The van der Waals surface area contributed by atoms with E-state index in [2.05, 4.69) is 19.2 Å². The Bertz CT molecular complexity index is 437. The first-order chi connectivity index (χ1) is 10.8. The molecule has 6 nitrogen and oxygen atoms in total. The second-order valence-corrected chi connectivity index (χ2v) is 7.79. The first kappa shape index (κ1) is 18.0. The molecule has 0 saturated carbocycles. The van der Waals surface area contributed by atoms with Crippen LogP contribution in [0.2, 0.25) is 0 Å². The predicted molar refractivity (Wildman–Crippen MR) is 89.2 cm³/mol. The Morgan fingerprint density at radius 1 is 1.26 bits per heavy atom. The third-order valence-electron chi connectivity index (χ3n) is 4.74. The number of nitrogens with one attached hydrogen (secondary N) is 1. The molecule has 2 aliphatic rings. The maximum atomic E-state index is 12.4. The lowest BCUT2D eigenvalue weighted by molar-refractivity contribution is -0.140. The third-order valence-corrected chi connectivity index (χ3v) is 4.74. The van der Waals surface area contributed by atoms with Gasteiger partial charge in [-0.25, -0.2) is 4.79 Å². The zero-order chi connectivity index (χ0) is 17.0. The molecule has 23 heavy (non-hydrogen) atoms. The lowest BCUT2D eigenvalue weighted by Gasteiger charge is -2.30. The van der Waals surface area contributed by atoms with Gasteiger partial charge in [-0.05, 0) is 31.1 Å². The van der Waals surface area contributed by atoms with E-state index >= 15 is 0 Å². The van der Waals surface area contributed by atoms with Gasteiger partial charge in [-0.3, -0.25) is 4.79 Å². The van der Waals surface area contributed by atoms with E-state index in [4.69, 9.17) is 4.74 Å². The van der Waals surface area contributed by atoms with Gasteiger partial charge in [0.1, 0.15) is 6.10 Å². The van der Waals surface area contributed by atoms with Crippen LogP contribution in [-0.4, -0.2) is 67.7 Å². The molecule has 0 bridgehead atoms. The molecule has 0 unspecified atom stereocenters. The Hall–Kier alpha value is -1.30. The maximum Gasteiger partial charge on any atom is 0.317 e. The normalized spacial score (nSPS) is 27.4. The summed E-state index contributed by atoms with van der Waals surface area (Å²) in [6.07, 6.45) is 4.53. The second kappa shape index (κ2) is 7.51. The molecule has 0 aromatic carbocycles. The van der Waals surface area contributed by atoms with Gasteiger partial charge in [-0.15, -0.1) is 0 Å². The van der Waals surface area contributed by atoms with E-state index in [1.165, 1.54) is 6.42 Å². The van der Waals surface area contributed by atoms with Gasteiger partial charge in [0.2, 0.25) is 0 Å². The van der Waals surface area contributed by atoms with Crippen LogP contribution in [0.25, 0.3) is 0 Å². The van der Waals surface area contributed by atoms with Gasteiger partial charge in [0.05, 0.1) is 6.10 Å². The highest BCUT2D eigenvalue weighted by Crippen LogP contribution is 2.28. The molecule has 1 N–H and O–H groups in total. The van der Waals surface area contributed by atoms with Crippen molar-refractivity contribution < 1.29 is 14.3 Å². The molecule has 2 heterocycles. The van der Waals surface area contributed by atoms with E-state index in [1.54, 1.807) is 19.0 Å². The van der Waals surface area contributed by atoms with Crippen LogP contribution in [0.4, 0.5) is 4.79 Å². The molecule has 6 heteroatoms. The van der Waals surface area contributed by atoms with Gasteiger partial charge in [-0.1, -0.05) is 20.3 Å². The van der Waals surface area contributed by atoms with Gasteiger partial charge in [0.15, 0.2) is 0 Å². The highest BCUT2D eigenvalue weighted by Gasteiger charge is 2.32. The van der Waals surface area contributed by atoms with Crippen LogP contribution in [0, 0.1) is 5.41 Å². The molecule has 0 radical (unpaired) electrons. The Balaban J connectivity index is 1.77. The van der Waals surface area contributed by atoms with E-state index in [0.717, 1.165) is 38.8 Å². The topological polar surface area (TPSA) is 61.9 Å². The van der Waals surface area contributed by atoms with Crippen LogP contribution in [0.1, 0.15) is 46.0 Å². The first-order valence-electron chi connectivity index (χ1n) is 8.68. The van der Waals surface area contributed by atoms with Crippen molar-refractivity contribution in [3.05, 3.63) is 0 Å². The van der Waals surface area contributed by atoms with E-state index < -0.39 is 0 Å². The fraction of sp³-hybridized carbons (Fsp3) is 0.882. The molecule has 2 fully saturated rings. The second-order valence-electron chi connectivity index (χ2n) is 7.79. The van der Waals surface area contributed by atoms with E-state index in [0.29, 0.717) is 6.54 Å². The number of hydrogen-bond donors (Lipinski definition) is 1. The van der Waals surface area contributed by atoms with Crippen LogP contribution >= 0.6 is 0 Å². The molecule has 2 rings (SSSR count). The SMILES string of the molecule is CN(C)C(=O)[C@@H]1CC[C@@H](CNC(=O)N2CCCCC(C)(C)C2)O1. The zero-order valence-electron chi connectivity index (χ0n) is 14.9. The molecule has 2 saturated heterocycles. The Kier molecular flexibility index (Phi) is 5.89. The summed E-state index contributed by atoms with van der Waals surface area (Å²) in [6.45, 7) is 6.54. The summed E-state index contributed by atoms with van der Waals surface area (Å²) in [4.78, 5) is 27.8. The summed E-state index contributed by atoms with van der Waals surface area (Å²) in [6, 6.07) is -0.00837. The van der Waals surface area contributed by atoms with E-state index in [-0.39, 0.29) is 29.6 Å². The van der Waals surface area contributed by atoms with Crippen LogP contribution in [0.3, 0.4) is 0 Å². The smallest absolute Gasteiger partial charge is 0.317 e. The molecule has 2 atom stereocenters.